The predicted octanol–water partition coefficient (Wildman–Crippen LogP) is 2.33. The third-order valence-electron chi connectivity index (χ3n) is 5.62. The number of benzene rings is 1. The van der Waals surface area contributed by atoms with Gasteiger partial charge >= 0.3 is 5.97 Å². The summed E-state index contributed by atoms with van der Waals surface area (Å²) in [6.45, 7) is 6.47. The van der Waals surface area contributed by atoms with Crippen molar-refractivity contribution < 1.29 is 14.7 Å². The van der Waals surface area contributed by atoms with E-state index in [2.05, 4.69) is 29.3 Å². The number of carboxylic acid groups (broad SMARTS) is 1. The average Bonchev–Trinajstić information content (AvgIpc) is 2.88. The van der Waals surface area contributed by atoms with Crippen LogP contribution in [0, 0.1) is 6.92 Å². The molecule has 1 heterocycles. The summed E-state index contributed by atoms with van der Waals surface area (Å²) in [6.07, 6.45) is 3.69. The van der Waals surface area contributed by atoms with Gasteiger partial charge in [-0.1, -0.05) is 24.3 Å². The van der Waals surface area contributed by atoms with Gasteiger partial charge in [-0.3, -0.25) is 19.4 Å². The van der Waals surface area contributed by atoms with E-state index in [-0.39, 0.29) is 36.9 Å². The second-order valence-corrected chi connectivity index (χ2v) is 7.57. The van der Waals surface area contributed by atoms with E-state index < -0.39 is 5.97 Å². The van der Waals surface area contributed by atoms with Gasteiger partial charge in [0.15, 0.2) is 0 Å². The van der Waals surface area contributed by atoms with Crippen LogP contribution >= 0.6 is 12.4 Å². The van der Waals surface area contributed by atoms with Crippen molar-refractivity contribution in [2.45, 2.75) is 51.6 Å². The summed E-state index contributed by atoms with van der Waals surface area (Å²) in [5.74, 6) is -0.721. The molecule has 1 aromatic rings. The van der Waals surface area contributed by atoms with E-state index in [9.17, 15) is 9.59 Å². The number of aliphatic carboxylic acids is 1. The van der Waals surface area contributed by atoms with E-state index in [1.165, 1.54) is 11.1 Å². The average molecular weight is 412 g/mol. The number of nitrogens with one attached hydrogen (secondary N) is 1. The quantitative estimate of drug-likeness (QED) is 0.686. The number of hydrogen-bond acceptors (Lipinski definition) is 4. The molecule has 0 aliphatic carbocycles. The fraction of sp³-hybridized carbons (Fsp3) is 0.619. The van der Waals surface area contributed by atoms with Crippen LogP contribution in [-0.2, 0) is 16.0 Å². The van der Waals surface area contributed by atoms with Gasteiger partial charge in [0.2, 0.25) is 5.91 Å². The van der Waals surface area contributed by atoms with Crippen LogP contribution in [0.1, 0.15) is 37.3 Å². The van der Waals surface area contributed by atoms with Gasteiger partial charge in [-0.2, -0.15) is 0 Å². The molecule has 6 nitrogen and oxygen atoms in total. The first-order chi connectivity index (χ1) is 12.9. The first kappa shape index (κ1) is 24.4. The van der Waals surface area contributed by atoms with E-state index in [0.29, 0.717) is 6.54 Å². The zero-order valence-electron chi connectivity index (χ0n) is 17.2. The lowest BCUT2D eigenvalue weighted by Crippen LogP contribution is -2.46. The number of nitrogens with zero attached hydrogens (tertiary/aromatic N) is 2. The fourth-order valence-electron chi connectivity index (χ4n) is 3.80. The summed E-state index contributed by atoms with van der Waals surface area (Å²) in [5.41, 5.74) is 2.52. The highest BCUT2D eigenvalue weighted by Crippen LogP contribution is 2.17. The third kappa shape index (κ3) is 7.41. The molecule has 158 valence electrons. The Balaban J connectivity index is 0.00000392. The molecule has 1 saturated heterocycles. The first-order valence-corrected chi connectivity index (χ1v) is 9.86. The summed E-state index contributed by atoms with van der Waals surface area (Å²) in [4.78, 5) is 27.6. The summed E-state index contributed by atoms with van der Waals surface area (Å²) < 4.78 is 0. The summed E-state index contributed by atoms with van der Waals surface area (Å²) in [6, 6.07) is 8.36. The molecule has 1 aliphatic heterocycles. The minimum absolute atomic E-state index is 0. The molecule has 1 aliphatic rings. The van der Waals surface area contributed by atoms with Crippen molar-refractivity contribution in [2.75, 3.05) is 33.2 Å². The number of carbonyl (C=O) groups is 2. The van der Waals surface area contributed by atoms with Gasteiger partial charge in [-0.15, -0.1) is 12.4 Å². The maximum atomic E-state index is 12.5. The molecule has 0 spiro atoms. The molecule has 0 radical (unpaired) electrons. The molecule has 7 heteroatoms. The van der Waals surface area contributed by atoms with Crippen molar-refractivity contribution in [3.05, 3.63) is 35.4 Å². The minimum atomic E-state index is -0.792. The predicted molar refractivity (Wildman–Crippen MR) is 114 cm³/mol. The van der Waals surface area contributed by atoms with Gasteiger partial charge in [-0.05, 0) is 64.3 Å². The van der Waals surface area contributed by atoms with Crippen molar-refractivity contribution >= 4 is 24.3 Å². The second kappa shape index (κ2) is 12.0. The number of likely N-dealkylation sites (tertiary alicyclic amines) is 1. The van der Waals surface area contributed by atoms with Crippen molar-refractivity contribution in [1.82, 2.24) is 15.1 Å². The molecular weight excluding hydrogens is 378 g/mol. The topological polar surface area (TPSA) is 72.9 Å². The zero-order chi connectivity index (χ0) is 19.8. The molecule has 0 bridgehead atoms. The molecule has 28 heavy (non-hydrogen) atoms. The van der Waals surface area contributed by atoms with Gasteiger partial charge in [0.25, 0.3) is 0 Å². The first-order valence-electron chi connectivity index (χ1n) is 9.86. The third-order valence-corrected chi connectivity index (χ3v) is 5.62. The number of aryl methyl sites for hydroxylation is 1. The van der Waals surface area contributed by atoms with E-state index in [4.69, 9.17) is 5.11 Å². The van der Waals surface area contributed by atoms with Crippen LogP contribution in [0.5, 0.6) is 0 Å². The van der Waals surface area contributed by atoms with Crippen LogP contribution in [0.25, 0.3) is 0 Å². The number of hydrogen-bond donors (Lipinski definition) is 2. The summed E-state index contributed by atoms with van der Waals surface area (Å²) >= 11 is 0. The zero-order valence-corrected chi connectivity index (χ0v) is 18.0. The number of rotatable bonds is 8. The Morgan fingerprint density at radius 3 is 2.68 bits per heavy atom. The van der Waals surface area contributed by atoms with Crippen LogP contribution in [0.2, 0.25) is 0 Å². The van der Waals surface area contributed by atoms with Crippen molar-refractivity contribution in [2.24, 2.45) is 0 Å². The van der Waals surface area contributed by atoms with Crippen molar-refractivity contribution in [1.29, 1.82) is 0 Å². The molecule has 2 rings (SSSR count). The fourth-order valence-corrected chi connectivity index (χ4v) is 3.80. The van der Waals surface area contributed by atoms with Crippen LogP contribution in [0.4, 0.5) is 0 Å². The maximum absolute atomic E-state index is 12.5. The molecule has 1 aromatic carbocycles. The minimum Gasteiger partial charge on any atom is -0.480 e. The number of likely N-dealkylation sites (N-methyl/N-ethyl adjacent to an activating group) is 1. The van der Waals surface area contributed by atoms with Crippen LogP contribution in [0.3, 0.4) is 0 Å². The van der Waals surface area contributed by atoms with Gasteiger partial charge < -0.3 is 10.4 Å². The number of carboxylic acids is 1. The van der Waals surface area contributed by atoms with Crippen LogP contribution in [-0.4, -0.2) is 72.1 Å². The second-order valence-electron chi connectivity index (χ2n) is 7.57. The SMILES string of the molecule is Cc1ccccc1CCNC(=O)C(C)N1CCCC(N(C)CC(=O)O)CC1.Cl. The Morgan fingerprint density at radius 2 is 2.00 bits per heavy atom. The molecule has 2 atom stereocenters. The highest BCUT2D eigenvalue weighted by Gasteiger charge is 2.26. The van der Waals surface area contributed by atoms with E-state index in [1.807, 2.05) is 31.0 Å². The summed E-state index contributed by atoms with van der Waals surface area (Å²) in [5, 5.41) is 12.0. The Morgan fingerprint density at radius 1 is 1.29 bits per heavy atom. The number of halogens is 1. The molecule has 0 saturated carbocycles. The van der Waals surface area contributed by atoms with Gasteiger partial charge in [0.1, 0.15) is 0 Å². The van der Waals surface area contributed by atoms with Crippen molar-refractivity contribution in [3.8, 4) is 0 Å². The molecule has 1 fully saturated rings. The molecule has 0 aromatic heterocycles. The Bertz CT molecular complexity index is 641. The molecule has 2 N–H and O–H groups in total. The van der Waals surface area contributed by atoms with Crippen LogP contribution < -0.4 is 5.32 Å². The highest BCUT2D eigenvalue weighted by molar-refractivity contribution is 5.85. The summed E-state index contributed by atoms with van der Waals surface area (Å²) in [7, 11) is 1.87. The Labute approximate surface area is 174 Å². The monoisotopic (exact) mass is 411 g/mol. The lowest BCUT2D eigenvalue weighted by atomic mass is 10.1. The maximum Gasteiger partial charge on any atom is 0.317 e. The standard InChI is InChI=1S/C21H33N3O3.ClH/c1-16-7-4-5-8-18(16)10-12-22-21(27)17(2)24-13-6-9-19(11-14-24)23(3)15-20(25)26;/h4-5,7-8,17,19H,6,9-15H2,1-3H3,(H,22,27)(H,25,26);1H. The lowest BCUT2D eigenvalue weighted by Gasteiger charge is -2.28. The smallest absolute Gasteiger partial charge is 0.317 e. The number of amides is 1. The molecule has 2 unspecified atom stereocenters. The van der Waals surface area contributed by atoms with E-state index >= 15 is 0 Å². The Kier molecular flexibility index (Phi) is 10.5. The molecule has 1 amide bonds. The van der Waals surface area contributed by atoms with Crippen LogP contribution in [0.15, 0.2) is 24.3 Å². The molecular formula is C21H34ClN3O3. The highest BCUT2D eigenvalue weighted by atomic mass is 35.5. The van der Waals surface area contributed by atoms with Gasteiger partial charge in [-0.25, -0.2) is 0 Å². The van der Waals surface area contributed by atoms with Gasteiger partial charge in [0.05, 0.1) is 12.6 Å². The largest absolute Gasteiger partial charge is 0.480 e. The van der Waals surface area contributed by atoms with E-state index in [0.717, 1.165) is 38.8 Å². The number of carbonyl (C=O) groups excluding carboxylic acids is 1. The lowest BCUT2D eigenvalue weighted by molar-refractivity contribution is -0.138. The normalized spacial score (nSPS) is 18.8. The Hall–Kier alpha value is -1.63. The van der Waals surface area contributed by atoms with Gasteiger partial charge in [0, 0.05) is 19.1 Å². The van der Waals surface area contributed by atoms with E-state index in [1.54, 1.807) is 0 Å². The van der Waals surface area contributed by atoms with Crippen molar-refractivity contribution in [3.63, 3.8) is 0 Å².